The molecule has 35 heavy (non-hydrogen) atoms. The van der Waals surface area contributed by atoms with E-state index in [1.54, 1.807) is 60.7 Å². The summed E-state index contributed by atoms with van der Waals surface area (Å²) in [7, 11) is 0. The predicted molar refractivity (Wildman–Crippen MR) is 123 cm³/mol. The molecule has 2 atom stereocenters. The molecule has 0 aliphatic heterocycles. The summed E-state index contributed by atoms with van der Waals surface area (Å²) in [5, 5.41) is 33.7. The second-order valence-corrected chi connectivity index (χ2v) is 7.68. The molecule has 10 nitrogen and oxygen atoms in total. The van der Waals surface area contributed by atoms with Crippen LogP contribution >= 0.6 is 0 Å². The number of amides is 1. The lowest BCUT2D eigenvalue weighted by Crippen LogP contribution is -2.59. The third-order valence-electron chi connectivity index (χ3n) is 5.49. The van der Waals surface area contributed by atoms with Crippen molar-refractivity contribution < 1.29 is 34.3 Å². The van der Waals surface area contributed by atoms with Gasteiger partial charge in [-0.3, -0.25) is 14.9 Å². The van der Waals surface area contributed by atoms with Crippen molar-refractivity contribution in [1.82, 2.24) is 5.32 Å². The zero-order valence-electron chi connectivity index (χ0n) is 18.4. The Bertz CT molecular complexity index is 1200. The second-order valence-electron chi connectivity index (χ2n) is 7.68. The van der Waals surface area contributed by atoms with Gasteiger partial charge in [0.15, 0.2) is 5.54 Å². The van der Waals surface area contributed by atoms with Crippen LogP contribution in [0.2, 0.25) is 0 Å². The van der Waals surface area contributed by atoms with Gasteiger partial charge in [0.1, 0.15) is 6.61 Å². The molecule has 0 aromatic heterocycles. The number of alkyl carbamates (subject to hydrolysis) is 1. The van der Waals surface area contributed by atoms with Crippen LogP contribution in [0.4, 0.5) is 10.5 Å². The molecule has 0 fully saturated rings. The van der Waals surface area contributed by atoms with E-state index in [0.29, 0.717) is 11.1 Å². The molecular weight excluding hydrogens is 456 g/mol. The van der Waals surface area contributed by atoms with Gasteiger partial charge in [-0.15, -0.1) is 0 Å². The molecule has 1 unspecified atom stereocenters. The minimum Gasteiger partial charge on any atom is -0.481 e. The number of carboxylic acids is 2. The third kappa shape index (κ3) is 5.80. The number of rotatable bonds is 10. The van der Waals surface area contributed by atoms with E-state index in [1.165, 1.54) is 0 Å². The van der Waals surface area contributed by atoms with Crippen molar-refractivity contribution in [2.45, 2.75) is 18.6 Å². The van der Waals surface area contributed by atoms with Crippen molar-refractivity contribution in [3.05, 3.63) is 112 Å². The normalized spacial score (nSPS) is 13.1. The van der Waals surface area contributed by atoms with Gasteiger partial charge in [0.2, 0.25) is 0 Å². The number of nitro benzene ring substituents is 1. The van der Waals surface area contributed by atoms with Gasteiger partial charge in [-0.2, -0.15) is 0 Å². The zero-order valence-corrected chi connectivity index (χ0v) is 18.4. The Labute approximate surface area is 199 Å². The highest BCUT2D eigenvalue weighted by molar-refractivity contribution is 5.92. The van der Waals surface area contributed by atoms with Gasteiger partial charge in [0, 0.05) is 12.1 Å². The highest BCUT2D eigenvalue weighted by Crippen LogP contribution is 2.35. The number of aliphatic carboxylic acids is 2. The SMILES string of the molecule is O=C(N[C@@](C(=O)O)(c1ccc([N+](=O)[O-])cc1)C(Cc1ccccc1)C(=O)O)OCc1ccccc1. The minimum atomic E-state index is -2.50. The first kappa shape index (κ1) is 24.9. The summed E-state index contributed by atoms with van der Waals surface area (Å²) in [5.41, 5.74) is -1.82. The monoisotopic (exact) mass is 478 g/mol. The molecule has 0 bridgehead atoms. The molecule has 0 heterocycles. The maximum Gasteiger partial charge on any atom is 0.408 e. The van der Waals surface area contributed by atoms with Gasteiger partial charge in [0.25, 0.3) is 5.69 Å². The van der Waals surface area contributed by atoms with Crippen LogP contribution in [0.15, 0.2) is 84.9 Å². The lowest BCUT2D eigenvalue weighted by atomic mass is 9.74. The van der Waals surface area contributed by atoms with Crippen LogP contribution in [0.3, 0.4) is 0 Å². The maximum absolute atomic E-state index is 12.8. The lowest BCUT2D eigenvalue weighted by Gasteiger charge is -2.35. The van der Waals surface area contributed by atoms with E-state index in [2.05, 4.69) is 5.32 Å². The van der Waals surface area contributed by atoms with Crippen LogP contribution in [0.25, 0.3) is 0 Å². The summed E-state index contributed by atoms with van der Waals surface area (Å²) in [4.78, 5) is 48.3. The maximum atomic E-state index is 12.8. The average Bonchev–Trinajstić information content (AvgIpc) is 2.86. The number of non-ortho nitro benzene ring substituents is 1. The number of hydrogen-bond acceptors (Lipinski definition) is 6. The molecule has 0 spiro atoms. The molecule has 180 valence electrons. The fourth-order valence-corrected chi connectivity index (χ4v) is 3.73. The van der Waals surface area contributed by atoms with E-state index in [9.17, 15) is 34.7 Å². The number of nitrogens with one attached hydrogen (secondary N) is 1. The highest BCUT2D eigenvalue weighted by atomic mass is 16.6. The van der Waals surface area contributed by atoms with Gasteiger partial charge in [-0.1, -0.05) is 60.7 Å². The fourth-order valence-electron chi connectivity index (χ4n) is 3.73. The Morgan fingerprint density at radius 1 is 0.886 bits per heavy atom. The summed E-state index contributed by atoms with van der Waals surface area (Å²) < 4.78 is 5.18. The van der Waals surface area contributed by atoms with Crippen LogP contribution in [0.1, 0.15) is 16.7 Å². The molecule has 0 aliphatic carbocycles. The first-order valence-corrected chi connectivity index (χ1v) is 10.5. The Kier molecular flexibility index (Phi) is 7.77. The van der Waals surface area contributed by atoms with E-state index in [0.717, 1.165) is 24.3 Å². The molecular formula is C25H22N2O8. The van der Waals surface area contributed by atoms with E-state index in [4.69, 9.17) is 4.74 Å². The van der Waals surface area contributed by atoms with Crippen LogP contribution in [0, 0.1) is 16.0 Å². The number of carbonyl (C=O) groups excluding carboxylic acids is 1. The van der Waals surface area contributed by atoms with Crippen molar-refractivity contribution in [2.24, 2.45) is 5.92 Å². The number of carbonyl (C=O) groups is 3. The van der Waals surface area contributed by atoms with Gasteiger partial charge in [0.05, 0.1) is 10.8 Å². The Hall–Kier alpha value is -4.73. The Morgan fingerprint density at radius 2 is 1.43 bits per heavy atom. The van der Waals surface area contributed by atoms with Crippen molar-refractivity contribution in [1.29, 1.82) is 0 Å². The van der Waals surface area contributed by atoms with Gasteiger partial charge in [-0.25, -0.2) is 9.59 Å². The standard InChI is InChI=1S/C25H22N2O8/c28-22(29)21(15-17-7-3-1-4-8-17)25(23(30)31,19-11-13-20(14-12-19)27(33)34)26-24(32)35-16-18-9-5-2-6-10-18/h1-14,21H,15-16H2,(H,26,32)(H,28,29)(H,30,31)/t21?,25-/m0/s1. The van der Waals surface area contributed by atoms with E-state index >= 15 is 0 Å². The van der Waals surface area contributed by atoms with Gasteiger partial charge in [-0.05, 0) is 35.2 Å². The molecule has 0 radical (unpaired) electrons. The summed E-state index contributed by atoms with van der Waals surface area (Å²) in [6, 6.07) is 21.3. The average molecular weight is 478 g/mol. The van der Waals surface area contributed by atoms with Crippen molar-refractivity contribution in [3.63, 3.8) is 0 Å². The quantitative estimate of drug-likeness (QED) is 0.294. The van der Waals surface area contributed by atoms with Crippen molar-refractivity contribution >= 4 is 23.7 Å². The van der Waals surface area contributed by atoms with Crippen LogP contribution in [-0.2, 0) is 32.9 Å². The van der Waals surface area contributed by atoms with Crippen LogP contribution in [-0.4, -0.2) is 33.2 Å². The largest absolute Gasteiger partial charge is 0.481 e. The molecule has 0 saturated carbocycles. The molecule has 3 rings (SSSR count). The number of nitrogens with zero attached hydrogens (tertiary/aromatic N) is 1. The van der Waals surface area contributed by atoms with Gasteiger partial charge >= 0.3 is 18.0 Å². The first-order chi connectivity index (χ1) is 16.7. The molecule has 0 aliphatic rings. The minimum absolute atomic E-state index is 0.157. The van der Waals surface area contributed by atoms with E-state index in [1.807, 2.05) is 0 Å². The molecule has 0 saturated heterocycles. The van der Waals surface area contributed by atoms with E-state index < -0.39 is 34.4 Å². The summed E-state index contributed by atoms with van der Waals surface area (Å²) >= 11 is 0. The fraction of sp³-hybridized carbons (Fsp3) is 0.160. The van der Waals surface area contributed by atoms with E-state index in [-0.39, 0.29) is 24.3 Å². The molecule has 3 aromatic carbocycles. The molecule has 1 amide bonds. The Morgan fingerprint density at radius 3 is 1.91 bits per heavy atom. The highest BCUT2D eigenvalue weighted by Gasteiger charge is 2.53. The summed E-state index contributed by atoms with van der Waals surface area (Å²) in [6.07, 6.45) is -1.41. The number of nitro groups is 1. The number of carboxylic acid groups (broad SMARTS) is 2. The predicted octanol–water partition coefficient (Wildman–Crippen LogP) is 3.74. The van der Waals surface area contributed by atoms with Crippen molar-refractivity contribution in [2.75, 3.05) is 0 Å². The van der Waals surface area contributed by atoms with Gasteiger partial charge < -0.3 is 20.3 Å². The number of benzene rings is 3. The number of ether oxygens (including phenoxy) is 1. The topological polar surface area (TPSA) is 156 Å². The van der Waals surface area contributed by atoms with Crippen LogP contribution in [0.5, 0.6) is 0 Å². The first-order valence-electron chi connectivity index (χ1n) is 10.5. The summed E-state index contributed by atoms with van der Waals surface area (Å²) in [6.45, 7) is -0.181. The molecule has 10 heteroatoms. The van der Waals surface area contributed by atoms with Crippen LogP contribution < -0.4 is 5.32 Å². The zero-order chi connectivity index (χ0) is 25.4. The van der Waals surface area contributed by atoms with Crippen molar-refractivity contribution in [3.8, 4) is 0 Å². The Balaban J connectivity index is 2.04. The molecule has 3 N–H and O–H groups in total. The lowest BCUT2D eigenvalue weighted by molar-refractivity contribution is -0.384. The third-order valence-corrected chi connectivity index (χ3v) is 5.49. The summed E-state index contributed by atoms with van der Waals surface area (Å²) in [5.74, 6) is -4.84. The number of hydrogen-bond donors (Lipinski definition) is 3. The second kappa shape index (κ2) is 10.9. The smallest absolute Gasteiger partial charge is 0.408 e. The molecule has 3 aromatic rings.